The van der Waals surface area contributed by atoms with Gasteiger partial charge in [-0.15, -0.1) is 0 Å². The Kier molecular flexibility index (Phi) is 7.33. The Morgan fingerprint density at radius 3 is 2.54 bits per heavy atom. The van der Waals surface area contributed by atoms with Crippen molar-refractivity contribution in [3.63, 3.8) is 0 Å². The number of methoxy groups -OCH3 is 1. The molecule has 198 valence electrons. The van der Waals surface area contributed by atoms with E-state index in [-0.39, 0.29) is 11.3 Å². The fourth-order valence-electron chi connectivity index (χ4n) is 4.42. The Hall–Kier alpha value is -4.63. The van der Waals surface area contributed by atoms with Gasteiger partial charge in [-0.25, -0.2) is 4.98 Å². The summed E-state index contributed by atoms with van der Waals surface area (Å²) in [6.07, 6.45) is 1.64. The molecule has 0 radical (unpaired) electrons. The lowest BCUT2D eigenvalue weighted by Crippen LogP contribution is -2.29. The smallest absolute Gasteiger partial charge is 0.301 e. The second-order valence-electron chi connectivity index (χ2n) is 8.63. The molecule has 1 aliphatic heterocycles. The fourth-order valence-corrected chi connectivity index (χ4v) is 5.45. The van der Waals surface area contributed by atoms with Gasteiger partial charge >= 0.3 is 5.91 Å². The van der Waals surface area contributed by atoms with Crippen molar-refractivity contribution in [1.29, 1.82) is 0 Å². The number of carbonyl (C=O) groups excluding carboxylic acids is 2. The highest BCUT2D eigenvalue weighted by Gasteiger charge is 2.48. The highest BCUT2D eigenvalue weighted by Crippen LogP contribution is 2.45. The van der Waals surface area contributed by atoms with Crippen LogP contribution in [0.15, 0.2) is 85.0 Å². The van der Waals surface area contributed by atoms with Gasteiger partial charge < -0.3 is 19.3 Å². The molecule has 1 aromatic heterocycles. The lowest BCUT2D eigenvalue weighted by molar-refractivity contribution is -0.132. The quantitative estimate of drug-likeness (QED) is 0.122. The molecule has 1 unspecified atom stereocenters. The minimum atomic E-state index is -0.920. The Labute approximate surface area is 229 Å². The molecule has 0 aliphatic carbocycles. The number of benzene rings is 3. The van der Waals surface area contributed by atoms with Crippen molar-refractivity contribution < 1.29 is 28.9 Å². The SMILES string of the molecule is C=CCOc1ccc(C2C(=C(O)c3cccc(OCC)c3)C(=O)C(=O)N2c2nc3ccc(OC)cc3s2)cc1. The molecule has 1 atom stereocenters. The third-order valence-electron chi connectivity index (χ3n) is 6.22. The molecule has 39 heavy (non-hydrogen) atoms. The first-order valence-electron chi connectivity index (χ1n) is 12.3. The first-order chi connectivity index (χ1) is 18.9. The van der Waals surface area contributed by atoms with Crippen LogP contribution in [0, 0.1) is 0 Å². The Bertz CT molecular complexity index is 1590. The van der Waals surface area contributed by atoms with Gasteiger partial charge in [-0.3, -0.25) is 14.5 Å². The van der Waals surface area contributed by atoms with E-state index in [9.17, 15) is 14.7 Å². The van der Waals surface area contributed by atoms with Gasteiger partial charge in [0.15, 0.2) is 5.13 Å². The van der Waals surface area contributed by atoms with Crippen molar-refractivity contribution in [2.24, 2.45) is 0 Å². The molecule has 4 aromatic rings. The largest absolute Gasteiger partial charge is 0.507 e. The van der Waals surface area contributed by atoms with Crippen LogP contribution in [0.25, 0.3) is 16.0 Å². The number of aliphatic hydroxyl groups excluding tert-OH is 1. The van der Waals surface area contributed by atoms with Crippen LogP contribution in [0.5, 0.6) is 17.2 Å². The molecule has 1 N–H and O–H groups in total. The molecule has 5 rings (SSSR count). The van der Waals surface area contributed by atoms with Gasteiger partial charge in [-0.05, 0) is 55.0 Å². The summed E-state index contributed by atoms with van der Waals surface area (Å²) < 4.78 is 17.3. The average Bonchev–Trinajstić information content (AvgIpc) is 3.49. The summed E-state index contributed by atoms with van der Waals surface area (Å²) in [6, 6.07) is 18.3. The van der Waals surface area contributed by atoms with Crippen LogP contribution in [0.2, 0.25) is 0 Å². The third-order valence-corrected chi connectivity index (χ3v) is 7.23. The number of ether oxygens (including phenoxy) is 3. The lowest BCUT2D eigenvalue weighted by atomic mass is 9.95. The number of aromatic nitrogens is 1. The maximum absolute atomic E-state index is 13.5. The second kappa shape index (κ2) is 11.0. The van der Waals surface area contributed by atoms with Crippen molar-refractivity contribution >= 4 is 44.1 Å². The van der Waals surface area contributed by atoms with Crippen molar-refractivity contribution in [1.82, 2.24) is 4.98 Å². The van der Waals surface area contributed by atoms with E-state index in [1.54, 1.807) is 73.8 Å². The van der Waals surface area contributed by atoms with E-state index in [1.165, 1.54) is 16.2 Å². The summed E-state index contributed by atoms with van der Waals surface area (Å²) >= 11 is 1.26. The first-order valence-corrected chi connectivity index (χ1v) is 13.1. The van der Waals surface area contributed by atoms with E-state index in [4.69, 9.17) is 14.2 Å². The molecule has 3 aromatic carbocycles. The summed E-state index contributed by atoms with van der Waals surface area (Å²) in [5.74, 6) is -0.0790. The molecule has 1 saturated heterocycles. The number of nitrogens with zero attached hydrogens (tertiary/aromatic N) is 2. The van der Waals surface area contributed by atoms with E-state index in [1.807, 2.05) is 13.0 Å². The molecule has 0 spiro atoms. The average molecular weight is 543 g/mol. The predicted molar refractivity (Wildman–Crippen MR) is 151 cm³/mol. The number of rotatable bonds is 9. The number of aliphatic hydroxyl groups is 1. The van der Waals surface area contributed by atoms with E-state index in [2.05, 4.69) is 11.6 Å². The number of anilines is 1. The molecule has 9 heteroatoms. The summed E-state index contributed by atoms with van der Waals surface area (Å²) in [4.78, 5) is 33.0. The zero-order chi connectivity index (χ0) is 27.5. The summed E-state index contributed by atoms with van der Waals surface area (Å²) in [6.45, 7) is 6.29. The highest BCUT2D eigenvalue weighted by molar-refractivity contribution is 7.22. The molecular formula is C30H26N2O6S. The number of Topliss-reactive ketones (excluding diaryl/α,β-unsaturated/α-hetero) is 1. The molecular weight excluding hydrogens is 516 g/mol. The van der Waals surface area contributed by atoms with Crippen LogP contribution in [-0.2, 0) is 9.59 Å². The molecule has 8 nitrogen and oxygen atoms in total. The lowest BCUT2D eigenvalue weighted by Gasteiger charge is -2.23. The number of amides is 1. The van der Waals surface area contributed by atoms with Gasteiger partial charge in [0.25, 0.3) is 5.78 Å². The Morgan fingerprint density at radius 1 is 1.05 bits per heavy atom. The molecule has 2 heterocycles. The summed E-state index contributed by atoms with van der Waals surface area (Å²) in [5.41, 5.74) is 1.60. The van der Waals surface area contributed by atoms with Gasteiger partial charge in [0.1, 0.15) is 29.6 Å². The minimum absolute atomic E-state index is 0.0368. The molecule has 1 fully saturated rings. The molecule has 1 amide bonds. The van der Waals surface area contributed by atoms with E-state index in [0.29, 0.717) is 52.2 Å². The van der Waals surface area contributed by atoms with Crippen LogP contribution < -0.4 is 19.1 Å². The van der Waals surface area contributed by atoms with Crippen LogP contribution in [-0.4, -0.2) is 42.1 Å². The number of thiazole rings is 1. The van der Waals surface area contributed by atoms with Gasteiger partial charge in [0.05, 0.1) is 35.5 Å². The first kappa shape index (κ1) is 26.0. The van der Waals surface area contributed by atoms with Crippen molar-refractivity contribution in [2.75, 3.05) is 25.2 Å². The summed E-state index contributed by atoms with van der Waals surface area (Å²) in [5, 5.41) is 11.8. The van der Waals surface area contributed by atoms with E-state index >= 15 is 0 Å². The van der Waals surface area contributed by atoms with Crippen LogP contribution in [0.4, 0.5) is 5.13 Å². The Balaban J connectivity index is 1.66. The number of hydrogen-bond donors (Lipinski definition) is 1. The highest BCUT2D eigenvalue weighted by atomic mass is 32.1. The number of carbonyl (C=O) groups is 2. The van der Waals surface area contributed by atoms with Gasteiger partial charge in [-0.2, -0.15) is 0 Å². The maximum Gasteiger partial charge on any atom is 0.301 e. The van der Waals surface area contributed by atoms with E-state index in [0.717, 1.165) is 4.70 Å². The zero-order valence-electron chi connectivity index (χ0n) is 21.4. The maximum atomic E-state index is 13.5. The minimum Gasteiger partial charge on any atom is -0.507 e. The molecule has 0 bridgehead atoms. The number of ketones is 1. The fraction of sp³-hybridized carbons (Fsp3) is 0.167. The number of hydrogen-bond acceptors (Lipinski definition) is 8. The predicted octanol–water partition coefficient (Wildman–Crippen LogP) is 5.89. The van der Waals surface area contributed by atoms with Crippen molar-refractivity contribution in [3.8, 4) is 17.2 Å². The third kappa shape index (κ3) is 4.96. The second-order valence-corrected chi connectivity index (χ2v) is 9.64. The number of fused-ring (bicyclic) bond motifs is 1. The monoisotopic (exact) mass is 542 g/mol. The Morgan fingerprint density at radius 2 is 1.82 bits per heavy atom. The van der Waals surface area contributed by atoms with E-state index < -0.39 is 17.7 Å². The van der Waals surface area contributed by atoms with Crippen LogP contribution in [0.3, 0.4) is 0 Å². The molecule has 0 saturated carbocycles. The van der Waals surface area contributed by atoms with Crippen molar-refractivity contribution in [3.05, 3.63) is 96.1 Å². The van der Waals surface area contributed by atoms with Crippen LogP contribution >= 0.6 is 11.3 Å². The standard InChI is InChI=1S/C30H26N2O6S/c1-4-15-38-20-11-9-18(10-12-20)26-25(27(33)19-7-6-8-22(16-19)37-5-2)28(34)29(35)32(26)30-31-23-14-13-21(36-3)17-24(23)39-30/h4,6-14,16-17,26,33H,1,5,15H2,2-3H3. The molecule has 1 aliphatic rings. The van der Waals surface area contributed by atoms with Gasteiger partial charge in [-0.1, -0.05) is 48.3 Å². The van der Waals surface area contributed by atoms with Gasteiger partial charge in [0.2, 0.25) is 0 Å². The topological polar surface area (TPSA) is 98.2 Å². The van der Waals surface area contributed by atoms with Crippen molar-refractivity contribution in [2.45, 2.75) is 13.0 Å². The summed E-state index contributed by atoms with van der Waals surface area (Å²) in [7, 11) is 1.57. The zero-order valence-corrected chi connectivity index (χ0v) is 22.2. The normalized spacial score (nSPS) is 16.5. The van der Waals surface area contributed by atoms with Crippen LogP contribution in [0.1, 0.15) is 24.1 Å². The van der Waals surface area contributed by atoms with Gasteiger partial charge in [0, 0.05) is 5.56 Å².